The Morgan fingerprint density at radius 1 is 1.00 bits per heavy atom. The first-order valence-corrected chi connectivity index (χ1v) is 7.55. The third kappa shape index (κ3) is 4.39. The van der Waals surface area contributed by atoms with E-state index in [0.717, 1.165) is 51.3 Å². The normalized spacial score (nSPS) is 16.4. The fourth-order valence-electron chi connectivity index (χ4n) is 2.65. The van der Waals surface area contributed by atoms with Crippen molar-refractivity contribution in [2.45, 2.75) is 19.3 Å². The third-order valence-corrected chi connectivity index (χ3v) is 3.94. The lowest BCUT2D eigenvalue weighted by Crippen LogP contribution is -2.46. The van der Waals surface area contributed by atoms with Gasteiger partial charge in [-0.05, 0) is 50.1 Å². The van der Waals surface area contributed by atoms with Gasteiger partial charge in [0.25, 0.3) is 0 Å². The molecule has 1 fully saturated rings. The Hall–Kier alpha value is -1.26. The Morgan fingerprint density at radius 3 is 2.30 bits per heavy atom. The lowest BCUT2D eigenvalue weighted by atomic mass is 10.2. The third-order valence-electron chi connectivity index (χ3n) is 3.94. The van der Waals surface area contributed by atoms with Crippen molar-refractivity contribution in [3.05, 3.63) is 24.3 Å². The fraction of sp³-hybridized carbons (Fsp3) is 0.625. The molecule has 1 aliphatic heterocycles. The molecule has 0 radical (unpaired) electrons. The average molecular weight is 278 g/mol. The molecule has 2 rings (SSSR count). The molecule has 1 aromatic carbocycles. The van der Waals surface area contributed by atoms with Crippen LogP contribution in [0, 0.1) is 0 Å². The number of aliphatic hydroxyl groups is 1. The van der Waals surface area contributed by atoms with Gasteiger partial charge in [0.1, 0.15) is 5.75 Å². The molecule has 4 heteroatoms. The van der Waals surface area contributed by atoms with Crippen molar-refractivity contribution in [2.75, 3.05) is 51.3 Å². The van der Waals surface area contributed by atoms with E-state index >= 15 is 0 Å². The Morgan fingerprint density at radius 2 is 1.70 bits per heavy atom. The minimum absolute atomic E-state index is 0.325. The second-order valence-electron chi connectivity index (χ2n) is 5.31. The van der Waals surface area contributed by atoms with E-state index in [1.165, 1.54) is 12.1 Å². The summed E-state index contributed by atoms with van der Waals surface area (Å²) in [6, 6.07) is 8.32. The molecule has 0 aliphatic carbocycles. The molecule has 0 unspecified atom stereocenters. The molecule has 4 nitrogen and oxygen atoms in total. The highest BCUT2D eigenvalue weighted by atomic mass is 16.5. The van der Waals surface area contributed by atoms with Crippen molar-refractivity contribution >= 4 is 5.69 Å². The minimum atomic E-state index is 0.325. The highest BCUT2D eigenvalue weighted by Crippen LogP contribution is 2.20. The summed E-state index contributed by atoms with van der Waals surface area (Å²) in [5, 5.41) is 8.77. The molecule has 112 valence electrons. The largest absolute Gasteiger partial charge is 0.497 e. The number of anilines is 1. The van der Waals surface area contributed by atoms with Gasteiger partial charge in [-0.2, -0.15) is 0 Å². The number of benzene rings is 1. The van der Waals surface area contributed by atoms with E-state index in [4.69, 9.17) is 9.84 Å². The van der Waals surface area contributed by atoms with E-state index in [-0.39, 0.29) is 0 Å². The SMILES string of the molecule is COc1ccc(N2CCN(CCCCCO)CC2)cc1. The zero-order chi connectivity index (χ0) is 14.2. The second kappa shape index (κ2) is 8.12. The summed E-state index contributed by atoms with van der Waals surface area (Å²) in [6.45, 7) is 5.93. The molecule has 1 aliphatic rings. The first kappa shape index (κ1) is 15.1. The molecular formula is C16H26N2O2. The highest BCUT2D eigenvalue weighted by molar-refractivity contribution is 5.49. The number of piperazine rings is 1. The number of ether oxygens (including phenoxy) is 1. The van der Waals surface area contributed by atoms with E-state index in [9.17, 15) is 0 Å². The monoisotopic (exact) mass is 278 g/mol. The minimum Gasteiger partial charge on any atom is -0.497 e. The van der Waals surface area contributed by atoms with Crippen molar-refractivity contribution < 1.29 is 9.84 Å². The zero-order valence-electron chi connectivity index (χ0n) is 12.4. The van der Waals surface area contributed by atoms with Crippen LogP contribution in [0.1, 0.15) is 19.3 Å². The van der Waals surface area contributed by atoms with Gasteiger partial charge >= 0.3 is 0 Å². The topological polar surface area (TPSA) is 35.9 Å². The molecule has 0 spiro atoms. The first-order chi connectivity index (χ1) is 9.83. The summed E-state index contributed by atoms with van der Waals surface area (Å²) in [4.78, 5) is 4.96. The van der Waals surface area contributed by atoms with Crippen molar-refractivity contribution in [3.63, 3.8) is 0 Å². The van der Waals surface area contributed by atoms with Gasteiger partial charge in [-0.1, -0.05) is 0 Å². The molecule has 0 aromatic heterocycles. The lowest BCUT2D eigenvalue weighted by Gasteiger charge is -2.36. The van der Waals surface area contributed by atoms with Gasteiger partial charge < -0.3 is 14.7 Å². The Labute approximate surface area is 122 Å². The molecular weight excluding hydrogens is 252 g/mol. The van der Waals surface area contributed by atoms with Gasteiger partial charge in [0.15, 0.2) is 0 Å². The molecule has 0 atom stereocenters. The van der Waals surface area contributed by atoms with Crippen LogP contribution in [-0.4, -0.2) is 56.4 Å². The van der Waals surface area contributed by atoms with E-state index < -0.39 is 0 Å². The van der Waals surface area contributed by atoms with Gasteiger partial charge in [-0.15, -0.1) is 0 Å². The summed E-state index contributed by atoms with van der Waals surface area (Å²) in [7, 11) is 1.70. The Bertz CT molecular complexity index is 373. The van der Waals surface area contributed by atoms with Crippen LogP contribution in [0.3, 0.4) is 0 Å². The van der Waals surface area contributed by atoms with Crippen LogP contribution < -0.4 is 9.64 Å². The molecule has 20 heavy (non-hydrogen) atoms. The van der Waals surface area contributed by atoms with Gasteiger partial charge in [-0.3, -0.25) is 4.90 Å². The molecule has 0 amide bonds. The number of nitrogens with zero attached hydrogens (tertiary/aromatic N) is 2. The van der Waals surface area contributed by atoms with Crippen LogP contribution in [0.4, 0.5) is 5.69 Å². The second-order valence-corrected chi connectivity index (χ2v) is 5.31. The number of rotatable bonds is 7. The molecule has 1 saturated heterocycles. The van der Waals surface area contributed by atoms with Gasteiger partial charge in [0, 0.05) is 38.5 Å². The summed E-state index contributed by atoms with van der Waals surface area (Å²) >= 11 is 0. The summed E-state index contributed by atoms with van der Waals surface area (Å²) in [5.74, 6) is 0.913. The van der Waals surface area contributed by atoms with E-state index in [1.807, 2.05) is 12.1 Å². The number of methoxy groups -OCH3 is 1. The predicted octanol–water partition coefficient (Wildman–Crippen LogP) is 1.98. The van der Waals surface area contributed by atoms with Crippen molar-refractivity contribution in [1.29, 1.82) is 0 Å². The van der Waals surface area contributed by atoms with E-state index in [2.05, 4.69) is 21.9 Å². The number of unbranched alkanes of at least 4 members (excludes halogenated alkanes) is 2. The maximum absolute atomic E-state index is 8.77. The van der Waals surface area contributed by atoms with Crippen LogP contribution in [0.15, 0.2) is 24.3 Å². The number of hydrogen-bond acceptors (Lipinski definition) is 4. The quantitative estimate of drug-likeness (QED) is 0.774. The number of aliphatic hydroxyl groups excluding tert-OH is 1. The molecule has 1 aromatic rings. The maximum atomic E-state index is 8.77. The predicted molar refractivity (Wildman–Crippen MR) is 82.6 cm³/mol. The van der Waals surface area contributed by atoms with Crippen LogP contribution in [0.25, 0.3) is 0 Å². The average Bonchev–Trinajstić information content (AvgIpc) is 2.52. The lowest BCUT2D eigenvalue weighted by molar-refractivity contribution is 0.242. The molecule has 1 N–H and O–H groups in total. The summed E-state index contributed by atoms with van der Waals surface area (Å²) < 4.78 is 5.19. The summed E-state index contributed by atoms with van der Waals surface area (Å²) in [5.41, 5.74) is 1.28. The van der Waals surface area contributed by atoms with Crippen molar-refractivity contribution in [1.82, 2.24) is 4.90 Å². The van der Waals surface area contributed by atoms with E-state index in [1.54, 1.807) is 7.11 Å². The van der Waals surface area contributed by atoms with Crippen LogP contribution in [0.2, 0.25) is 0 Å². The first-order valence-electron chi connectivity index (χ1n) is 7.55. The summed E-state index contributed by atoms with van der Waals surface area (Å²) in [6.07, 6.45) is 3.27. The molecule has 0 bridgehead atoms. The Kier molecular flexibility index (Phi) is 6.15. The fourth-order valence-corrected chi connectivity index (χ4v) is 2.65. The smallest absolute Gasteiger partial charge is 0.119 e. The maximum Gasteiger partial charge on any atom is 0.119 e. The van der Waals surface area contributed by atoms with Crippen molar-refractivity contribution in [2.24, 2.45) is 0 Å². The Balaban J connectivity index is 1.73. The van der Waals surface area contributed by atoms with Crippen LogP contribution in [-0.2, 0) is 0 Å². The molecule has 0 saturated carbocycles. The van der Waals surface area contributed by atoms with Crippen LogP contribution in [0.5, 0.6) is 5.75 Å². The number of hydrogen-bond donors (Lipinski definition) is 1. The van der Waals surface area contributed by atoms with E-state index in [0.29, 0.717) is 6.61 Å². The van der Waals surface area contributed by atoms with Crippen LogP contribution >= 0.6 is 0 Å². The van der Waals surface area contributed by atoms with Gasteiger partial charge in [0.05, 0.1) is 7.11 Å². The highest BCUT2D eigenvalue weighted by Gasteiger charge is 2.16. The standard InChI is InChI=1S/C16H26N2O2/c1-20-16-7-5-15(6-8-16)18-12-10-17(11-13-18)9-3-2-4-14-19/h5-8,19H,2-4,9-14H2,1H3. The van der Waals surface area contributed by atoms with Gasteiger partial charge in [0.2, 0.25) is 0 Å². The molecule has 1 heterocycles. The van der Waals surface area contributed by atoms with Crippen molar-refractivity contribution in [3.8, 4) is 5.75 Å². The zero-order valence-corrected chi connectivity index (χ0v) is 12.4. The van der Waals surface area contributed by atoms with Gasteiger partial charge in [-0.25, -0.2) is 0 Å².